The minimum Gasteiger partial charge on any atom is -0.462 e. The van der Waals surface area contributed by atoms with E-state index < -0.39 is 11.8 Å². The molecule has 1 heterocycles. The van der Waals surface area contributed by atoms with Crippen molar-refractivity contribution >= 4 is 12.0 Å². The normalized spacial score (nSPS) is 11.5. The Morgan fingerprint density at radius 1 is 1.60 bits per heavy atom. The molecule has 0 unspecified atom stereocenters. The number of rotatable bonds is 4. The van der Waals surface area contributed by atoms with Gasteiger partial charge in [0.1, 0.15) is 6.26 Å². The maximum atomic E-state index is 11.3. The Labute approximate surface area is 86.3 Å². The lowest BCUT2D eigenvalue weighted by Crippen LogP contribution is -2.06. The highest BCUT2D eigenvalue weighted by Crippen LogP contribution is 2.06. The van der Waals surface area contributed by atoms with E-state index >= 15 is 0 Å². The molecular formula is C10H12O5. The Bertz CT molecular complexity index is 409. The molecule has 0 fully saturated rings. The molecule has 0 amide bonds. The molecule has 0 radical (unpaired) electrons. The monoisotopic (exact) mass is 212 g/mol. The summed E-state index contributed by atoms with van der Waals surface area (Å²) in [6.45, 7) is 3.85. The van der Waals surface area contributed by atoms with Crippen molar-refractivity contribution in [2.24, 2.45) is 0 Å². The summed E-state index contributed by atoms with van der Waals surface area (Å²) in [6, 6.07) is 0. The molecule has 15 heavy (non-hydrogen) atoms. The highest BCUT2D eigenvalue weighted by molar-refractivity contribution is 5.92. The van der Waals surface area contributed by atoms with Crippen molar-refractivity contribution in [2.75, 3.05) is 6.61 Å². The molecule has 0 saturated heterocycles. The molecule has 1 rings (SSSR count). The highest BCUT2D eigenvalue weighted by Gasteiger charge is 2.06. The van der Waals surface area contributed by atoms with Crippen molar-refractivity contribution in [1.82, 2.24) is 0 Å². The van der Waals surface area contributed by atoms with Gasteiger partial charge in [-0.15, -0.1) is 0 Å². The van der Waals surface area contributed by atoms with Crippen LogP contribution in [0.15, 0.2) is 25.5 Å². The van der Waals surface area contributed by atoms with Crippen LogP contribution >= 0.6 is 0 Å². The van der Waals surface area contributed by atoms with Crippen LogP contribution in [-0.4, -0.2) is 12.6 Å². The molecule has 0 aliphatic rings. The fraction of sp³-hybridized carbons (Fsp3) is 0.400. The van der Waals surface area contributed by atoms with E-state index in [4.69, 9.17) is 4.74 Å². The first-order valence-electron chi connectivity index (χ1n) is 4.57. The van der Waals surface area contributed by atoms with Crippen LogP contribution in [0.4, 0.5) is 0 Å². The van der Waals surface area contributed by atoms with Crippen LogP contribution in [0.2, 0.25) is 0 Å². The van der Waals surface area contributed by atoms with Gasteiger partial charge in [0.2, 0.25) is 0 Å². The molecule has 0 aliphatic carbocycles. The average molecular weight is 212 g/mol. The Kier molecular flexibility index (Phi) is 3.91. The lowest BCUT2D eigenvalue weighted by Gasteiger charge is -2.01. The van der Waals surface area contributed by atoms with E-state index in [1.165, 1.54) is 6.08 Å². The Balaban J connectivity index is 2.67. The van der Waals surface area contributed by atoms with Gasteiger partial charge in [0, 0.05) is 5.57 Å². The van der Waals surface area contributed by atoms with Crippen molar-refractivity contribution in [3.63, 3.8) is 0 Å². The summed E-state index contributed by atoms with van der Waals surface area (Å²) >= 11 is 0. The second kappa shape index (κ2) is 5.19. The zero-order chi connectivity index (χ0) is 11.3. The fourth-order valence-corrected chi connectivity index (χ4v) is 0.895. The van der Waals surface area contributed by atoms with Gasteiger partial charge in [-0.2, -0.15) is 0 Å². The van der Waals surface area contributed by atoms with E-state index in [1.54, 1.807) is 6.92 Å². The van der Waals surface area contributed by atoms with E-state index in [0.717, 1.165) is 12.7 Å². The van der Waals surface area contributed by atoms with Gasteiger partial charge in [0.25, 0.3) is 0 Å². The Morgan fingerprint density at radius 3 is 2.87 bits per heavy atom. The number of carbonyl (C=O) groups excluding carboxylic acids is 1. The molecule has 0 N–H and O–H groups in total. The smallest absolute Gasteiger partial charge is 0.462 e. The second-order valence-electron chi connectivity index (χ2n) is 2.95. The van der Waals surface area contributed by atoms with Crippen molar-refractivity contribution in [3.8, 4) is 0 Å². The van der Waals surface area contributed by atoms with Crippen molar-refractivity contribution < 1.29 is 18.4 Å². The molecule has 0 atom stereocenters. The quantitative estimate of drug-likeness (QED) is 0.560. The predicted molar refractivity (Wildman–Crippen MR) is 52.1 cm³/mol. The van der Waals surface area contributed by atoms with Crippen LogP contribution in [0.25, 0.3) is 6.08 Å². The predicted octanol–water partition coefficient (Wildman–Crippen LogP) is 1.59. The van der Waals surface area contributed by atoms with E-state index in [2.05, 4.69) is 8.83 Å². The third-order valence-corrected chi connectivity index (χ3v) is 1.59. The molecular weight excluding hydrogens is 200 g/mol. The Hall–Kier alpha value is -1.78. The first-order chi connectivity index (χ1) is 7.13. The molecule has 0 spiro atoms. The topological polar surface area (TPSA) is 69.7 Å². The van der Waals surface area contributed by atoms with Gasteiger partial charge in [-0.25, -0.2) is 9.59 Å². The van der Waals surface area contributed by atoms with Crippen LogP contribution in [0.3, 0.4) is 0 Å². The highest BCUT2D eigenvalue weighted by atomic mass is 16.6. The summed E-state index contributed by atoms with van der Waals surface area (Å²) in [5, 5.41) is 0. The van der Waals surface area contributed by atoms with Gasteiger partial charge >= 0.3 is 11.8 Å². The van der Waals surface area contributed by atoms with Gasteiger partial charge in [0.15, 0.2) is 5.76 Å². The maximum Gasteiger partial charge on any atom is 0.519 e. The molecule has 0 aliphatic heterocycles. The molecule has 5 nitrogen and oxygen atoms in total. The zero-order valence-corrected chi connectivity index (χ0v) is 8.61. The van der Waals surface area contributed by atoms with Crippen molar-refractivity contribution in [3.05, 3.63) is 28.2 Å². The standard InChI is InChI=1S/C10H12O5/c1-3-4-13-9(11)7(2)5-8-6-14-10(12)15-8/h5-6H,3-4H2,1-2H3. The SMILES string of the molecule is CCCOC(=O)C(C)=Cc1coc(=O)o1. The maximum absolute atomic E-state index is 11.3. The molecule has 0 saturated carbocycles. The minimum absolute atomic E-state index is 0.200. The third kappa shape index (κ3) is 3.46. The van der Waals surface area contributed by atoms with E-state index in [-0.39, 0.29) is 5.76 Å². The molecule has 5 heteroatoms. The van der Waals surface area contributed by atoms with Gasteiger partial charge in [-0.05, 0) is 19.4 Å². The number of hydrogen-bond donors (Lipinski definition) is 0. The number of carbonyl (C=O) groups is 1. The largest absolute Gasteiger partial charge is 0.519 e. The molecule has 0 aromatic carbocycles. The van der Waals surface area contributed by atoms with Crippen molar-refractivity contribution in [1.29, 1.82) is 0 Å². The summed E-state index contributed by atoms with van der Waals surface area (Å²) in [6.07, 6.45) is 3.29. The van der Waals surface area contributed by atoms with Crippen molar-refractivity contribution in [2.45, 2.75) is 20.3 Å². The summed E-state index contributed by atoms with van der Waals surface area (Å²) in [4.78, 5) is 21.8. The molecule has 1 aromatic heterocycles. The van der Waals surface area contributed by atoms with Crippen LogP contribution in [0.1, 0.15) is 26.0 Å². The van der Waals surface area contributed by atoms with Crippen LogP contribution < -0.4 is 5.82 Å². The van der Waals surface area contributed by atoms with Crippen LogP contribution in [-0.2, 0) is 9.53 Å². The van der Waals surface area contributed by atoms with Gasteiger partial charge < -0.3 is 13.6 Å². The summed E-state index contributed by atoms with van der Waals surface area (Å²) in [5.74, 6) is -1.03. The number of esters is 1. The van der Waals surface area contributed by atoms with Gasteiger partial charge in [-0.1, -0.05) is 6.92 Å². The van der Waals surface area contributed by atoms with E-state index in [1.807, 2.05) is 6.92 Å². The lowest BCUT2D eigenvalue weighted by molar-refractivity contribution is -0.138. The van der Waals surface area contributed by atoms with Crippen LogP contribution in [0.5, 0.6) is 0 Å². The summed E-state index contributed by atoms with van der Waals surface area (Å²) < 4.78 is 13.9. The summed E-state index contributed by atoms with van der Waals surface area (Å²) in [5.41, 5.74) is 0.355. The Morgan fingerprint density at radius 2 is 2.33 bits per heavy atom. The average Bonchev–Trinajstić information content (AvgIpc) is 2.60. The first-order valence-corrected chi connectivity index (χ1v) is 4.57. The van der Waals surface area contributed by atoms with Gasteiger partial charge in [0.05, 0.1) is 6.61 Å². The fourth-order valence-electron chi connectivity index (χ4n) is 0.895. The second-order valence-corrected chi connectivity index (χ2v) is 2.95. The summed E-state index contributed by atoms with van der Waals surface area (Å²) in [7, 11) is 0. The van der Waals surface area contributed by atoms with Crippen LogP contribution in [0, 0.1) is 0 Å². The molecule has 82 valence electrons. The number of hydrogen-bond acceptors (Lipinski definition) is 5. The molecule has 1 aromatic rings. The van der Waals surface area contributed by atoms with Gasteiger partial charge in [-0.3, -0.25) is 0 Å². The lowest BCUT2D eigenvalue weighted by atomic mass is 10.2. The number of ether oxygens (including phenoxy) is 1. The first kappa shape index (κ1) is 11.3. The van der Waals surface area contributed by atoms with E-state index in [9.17, 15) is 9.59 Å². The minimum atomic E-state index is -0.795. The third-order valence-electron chi connectivity index (χ3n) is 1.59. The zero-order valence-electron chi connectivity index (χ0n) is 8.61. The molecule has 0 bridgehead atoms. The van der Waals surface area contributed by atoms with E-state index in [0.29, 0.717) is 12.2 Å².